The zero-order valence-corrected chi connectivity index (χ0v) is 17.8. The summed E-state index contributed by atoms with van der Waals surface area (Å²) < 4.78 is 40.8. The molecule has 0 saturated heterocycles. The highest BCUT2D eigenvalue weighted by Crippen LogP contribution is 2.24. The number of anilines is 1. The summed E-state index contributed by atoms with van der Waals surface area (Å²) in [4.78, 5) is 23.2. The van der Waals surface area contributed by atoms with Crippen molar-refractivity contribution in [1.29, 1.82) is 0 Å². The molecule has 3 rings (SSSR count). The van der Waals surface area contributed by atoms with Crippen molar-refractivity contribution < 1.29 is 22.7 Å². The second kappa shape index (κ2) is 9.67. The molecule has 6 nitrogen and oxygen atoms in total. The number of benzene rings is 2. The van der Waals surface area contributed by atoms with Crippen LogP contribution in [0.2, 0.25) is 0 Å². The Labute approximate surface area is 184 Å². The van der Waals surface area contributed by atoms with Gasteiger partial charge >= 0.3 is 12.4 Å². The van der Waals surface area contributed by atoms with Crippen LogP contribution in [0.25, 0.3) is 11.4 Å². The van der Waals surface area contributed by atoms with Crippen molar-refractivity contribution in [2.24, 2.45) is 0 Å². The van der Waals surface area contributed by atoms with Crippen LogP contribution in [0.1, 0.15) is 25.1 Å². The number of amides is 2. The summed E-state index contributed by atoms with van der Waals surface area (Å²) in [6.45, 7) is 5.99. The van der Waals surface area contributed by atoms with Gasteiger partial charge in [-0.1, -0.05) is 18.2 Å². The maximum atomic E-state index is 12.9. The van der Waals surface area contributed by atoms with Gasteiger partial charge in [0.25, 0.3) is 0 Å². The molecule has 0 atom stereocenters. The van der Waals surface area contributed by atoms with E-state index in [0.717, 1.165) is 29.0 Å². The van der Waals surface area contributed by atoms with Crippen molar-refractivity contribution >= 4 is 11.7 Å². The lowest BCUT2D eigenvalue weighted by atomic mass is 10.1. The number of carbonyl (C=O) groups is 1. The molecule has 168 valence electrons. The molecule has 1 aromatic heterocycles. The maximum absolute atomic E-state index is 12.9. The summed E-state index contributed by atoms with van der Waals surface area (Å²) in [6, 6.07) is 14.0. The molecule has 0 aliphatic carbocycles. The molecule has 0 fully saturated rings. The van der Waals surface area contributed by atoms with E-state index in [1.165, 1.54) is 12.1 Å². The van der Waals surface area contributed by atoms with E-state index < -0.39 is 6.36 Å². The first-order valence-electron chi connectivity index (χ1n) is 9.93. The molecule has 2 aromatic carbocycles. The minimum Gasteiger partial charge on any atom is -0.406 e. The normalized spacial score (nSPS) is 11.3. The van der Waals surface area contributed by atoms with Crippen LogP contribution in [0, 0.1) is 6.92 Å². The molecule has 3 aromatic rings. The van der Waals surface area contributed by atoms with E-state index in [4.69, 9.17) is 0 Å². The smallest absolute Gasteiger partial charge is 0.406 e. The Bertz CT molecular complexity index is 1070. The Balaban J connectivity index is 1.72. The fourth-order valence-electron chi connectivity index (χ4n) is 3.02. The lowest BCUT2D eigenvalue weighted by Crippen LogP contribution is -2.39. The number of hydrogen-bond donors (Lipinski definition) is 1. The first-order valence-corrected chi connectivity index (χ1v) is 9.93. The summed E-state index contributed by atoms with van der Waals surface area (Å²) in [6.07, 6.45) is -3.07. The van der Waals surface area contributed by atoms with Crippen LogP contribution in [0.4, 0.5) is 23.7 Å². The van der Waals surface area contributed by atoms with E-state index in [1.807, 2.05) is 51.1 Å². The van der Waals surface area contributed by atoms with Crippen LogP contribution in [-0.4, -0.2) is 33.3 Å². The topological polar surface area (TPSA) is 67.4 Å². The molecule has 0 aliphatic heterocycles. The Kier molecular flexibility index (Phi) is 6.97. The van der Waals surface area contributed by atoms with Gasteiger partial charge in [-0.3, -0.25) is 0 Å². The number of alkyl halides is 3. The molecule has 32 heavy (non-hydrogen) atoms. The zero-order chi connectivity index (χ0) is 23.3. The van der Waals surface area contributed by atoms with Crippen LogP contribution < -0.4 is 10.1 Å². The van der Waals surface area contributed by atoms with Gasteiger partial charge < -0.3 is 15.0 Å². The van der Waals surface area contributed by atoms with Gasteiger partial charge in [0.15, 0.2) is 5.82 Å². The van der Waals surface area contributed by atoms with Crippen molar-refractivity contribution in [2.75, 3.05) is 5.32 Å². The third-order valence-electron chi connectivity index (χ3n) is 4.56. The van der Waals surface area contributed by atoms with Crippen molar-refractivity contribution in [3.63, 3.8) is 0 Å². The van der Waals surface area contributed by atoms with Gasteiger partial charge in [-0.15, -0.1) is 13.2 Å². The highest BCUT2D eigenvalue weighted by atomic mass is 19.4. The summed E-state index contributed by atoms with van der Waals surface area (Å²) >= 11 is 0. The molecule has 1 N–H and O–H groups in total. The molecule has 0 radical (unpaired) electrons. The van der Waals surface area contributed by atoms with Crippen LogP contribution >= 0.6 is 0 Å². The lowest BCUT2D eigenvalue weighted by molar-refractivity contribution is -0.274. The molecule has 0 spiro atoms. The highest BCUT2D eigenvalue weighted by Gasteiger charge is 2.31. The predicted molar refractivity (Wildman–Crippen MR) is 115 cm³/mol. The Morgan fingerprint density at radius 3 is 2.47 bits per heavy atom. The number of urea groups is 1. The molecular weight excluding hydrogens is 421 g/mol. The lowest BCUT2D eigenvalue weighted by Gasteiger charge is -2.27. The van der Waals surface area contributed by atoms with Crippen LogP contribution in [0.3, 0.4) is 0 Å². The van der Waals surface area contributed by atoms with Gasteiger partial charge in [-0.05, 0) is 62.7 Å². The molecule has 9 heteroatoms. The number of carbonyl (C=O) groups excluding carboxylic acids is 1. The number of rotatable bonds is 6. The Hall–Kier alpha value is -3.62. The summed E-state index contributed by atoms with van der Waals surface area (Å²) in [5.41, 5.74) is 2.95. The third kappa shape index (κ3) is 6.44. The van der Waals surface area contributed by atoms with Crippen molar-refractivity contribution in [1.82, 2.24) is 14.9 Å². The predicted octanol–water partition coefficient (Wildman–Crippen LogP) is 5.79. The van der Waals surface area contributed by atoms with Gasteiger partial charge in [-0.2, -0.15) is 0 Å². The van der Waals surface area contributed by atoms with Crippen molar-refractivity contribution in [2.45, 2.75) is 39.7 Å². The number of ether oxygens (including phenoxy) is 1. The van der Waals surface area contributed by atoms with Crippen LogP contribution in [0.5, 0.6) is 5.75 Å². The van der Waals surface area contributed by atoms with Gasteiger partial charge in [0.2, 0.25) is 0 Å². The van der Waals surface area contributed by atoms with E-state index in [-0.39, 0.29) is 17.8 Å². The van der Waals surface area contributed by atoms with E-state index in [0.29, 0.717) is 18.1 Å². The van der Waals surface area contributed by atoms with Crippen molar-refractivity contribution in [3.05, 3.63) is 72.1 Å². The standard InChI is InChI=1S/C23H23F3N4O2/c1-15(2)30(22(31)29-19-7-9-20(10-8-19)32-23(24,25)26)14-17-5-4-6-18(13-17)21-27-12-11-16(3)28-21/h4-13,15H,14H2,1-3H3,(H,29,31). The molecule has 0 saturated carbocycles. The fourth-order valence-corrected chi connectivity index (χ4v) is 3.02. The molecule has 2 amide bonds. The number of aromatic nitrogens is 2. The van der Waals surface area contributed by atoms with Gasteiger partial charge in [0.05, 0.1) is 0 Å². The van der Waals surface area contributed by atoms with Crippen LogP contribution in [-0.2, 0) is 6.54 Å². The number of hydrogen-bond acceptors (Lipinski definition) is 4. The Morgan fingerprint density at radius 2 is 1.84 bits per heavy atom. The molecule has 0 aliphatic rings. The third-order valence-corrected chi connectivity index (χ3v) is 4.56. The number of halogens is 3. The van der Waals surface area contributed by atoms with E-state index >= 15 is 0 Å². The van der Waals surface area contributed by atoms with Crippen LogP contribution in [0.15, 0.2) is 60.8 Å². The summed E-state index contributed by atoms with van der Waals surface area (Å²) in [7, 11) is 0. The second-order valence-corrected chi connectivity index (χ2v) is 7.45. The fraction of sp³-hybridized carbons (Fsp3) is 0.261. The largest absolute Gasteiger partial charge is 0.573 e. The summed E-state index contributed by atoms with van der Waals surface area (Å²) in [5, 5.41) is 2.71. The first-order chi connectivity index (χ1) is 15.1. The highest BCUT2D eigenvalue weighted by molar-refractivity contribution is 5.89. The molecular formula is C23H23F3N4O2. The first kappa shape index (κ1) is 23.1. The maximum Gasteiger partial charge on any atom is 0.573 e. The quantitative estimate of drug-likeness (QED) is 0.522. The SMILES string of the molecule is Cc1ccnc(-c2cccc(CN(C(=O)Nc3ccc(OC(F)(F)F)cc3)C(C)C)c2)n1. The molecule has 0 bridgehead atoms. The minimum atomic E-state index is -4.77. The number of nitrogens with zero attached hydrogens (tertiary/aromatic N) is 3. The average molecular weight is 444 g/mol. The number of nitrogens with one attached hydrogen (secondary N) is 1. The zero-order valence-electron chi connectivity index (χ0n) is 17.8. The van der Waals surface area contributed by atoms with E-state index in [2.05, 4.69) is 20.0 Å². The number of aryl methyl sites for hydroxylation is 1. The molecule has 0 unspecified atom stereocenters. The monoisotopic (exact) mass is 444 g/mol. The van der Waals surface area contributed by atoms with Crippen molar-refractivity contribution in [3.8, 4) is 17.1 Å². The van der Waals surface area contributed by atoms with E-state index in [1.54, 1.807) is 11.1 Å². The van der Waals surface area contributed by atoms with Gasteiger partial charge in [0, 0.05) is 35.7 Å². The summed E-state index contributed by atoms with van der Waals surface area (Å²) in [5.74, 6) is 0.250. The average Bonchev–Trinajstić information content (AvgIpc) is 2.72. The van der Waals surface area contributed by atoms with E-state index in [9.17, 15) is 18.0 Å². The Morgan fingerprint density at radius 1 is 1.12 bits per heavy atom. The minimum absolute atomic E-state index is 0.123. The second-order valence-electron chi connectivity index (χ2n) is 7.45. The molecule has 1 heterocycles. The van der Waals surface area contributed by atoms with Gasteiger partial charge in [0.1, 0.15) is 5.75 Å². The van der Waals surface area contributed by atoms with Gasteiger partial charge in [-0.25, -0.2) is 14.8 Å².